The number of aromatic nitrogens is 2. The van der Waals surface area contributed by atoms with Crippen LogP contribution >= 0.6 is 11.8 Å². The summed E-state index contributed by atoms with van der Waals surface area (Å²) in [5.74, 6) is -1.47. The molecule has 2 N–H and O–H groups in total. The number of carboxylic acids is 1. The smallest absolute Gasteiger partial charge is 0.373 e. The van der Waals surface area contributed by atoms with Gasteiger partial charge in [-0.25, -0.2) is 4.79 Å². The fraction of sp³-hybridized carbons (Fsp3) is 0.368. The minimum atomic E-state index is -1.15. The second-order valence-electron chi connectivity index (χ2n) is 6.83. The van der Waals surface area contributed by atoms with E-state index in [2.05, 4.69) is 15.3 Å². The first-order valence-corrected chi connectivity index (χ1v) is 10.2. The number of benzene rings is 1. The summed E-state index contributed by atoms with van der Waals surface area (Å²) in [5, 5.41) is 33.2. The average molecular weight is 431 g/mol. The standard InChI is InChI=1S/C19H21N5O5S/c1-10(2)7-13(18(25)26)21-16-15(24(27)28)17(23-19(22-16)30-4)29-14-8-12(9-20)6-5-11(14)3/h5-6,8,10,13H,7H2,1-4H3,(H,25,26)(H,21,22,23). The second kappa shape index (κ2) is 9.89. The predicted molar refractivity (Wildman–Crippen MR) is 111 cm³/mol. The number of carboxylic acid groups (broad SMARTS) is 1. The molecule has 0 aliphatic rings. The topological polar surface area (TPSA) is 151 Å². The van der Waals surface area contributed by atoms with Gasteiger partial charge in [-0.05, 0) is 43.2 Å². The molecule has 1 heterocycles. The Morgan fingerprint density at radius 3 is 2.67 bits per heavy atom. The van der Waals surface area contributed by atoms with Crippen molar-refractivity contribution < 1.29 is 19.6 Å². The molecule has 2 rings (SSSR count). The van der Waals surface area contributed by atoms with Crippen molar-refractivity contribution in [2.75, 3.05) is 11.6 Å². The molecule has 0 spiro atoms. The summed E-state index contributed by atoms with van der Waals surface area (Å²) in [6.45, 7) is 5.42. The summed E-state index contributed by atoms with van der Waals surface area (Å²) in [6, 6.07) is 5.60. The van der Waals surface area contributed by atoms with Crippen LogP contribution in [0.4, 0.5) is 11.5 Å². The quantitative estimate of drug-likeness (QED) is 0.258. The predicted octanol–water partition coefficient (Wildman–Crippen LogP) is 3.99. The molecule has 1 aromatic heterocycles. The van der Waals surface area contributed by atoms with E-state index in [0.717, 1.165) is 11.8 Å². The first-order valence-electron chi connectivity index (χ1n) is 8.94. The van der Waals surface area contributed by atoms with Crippen LogP contribution in [0.3, 0.4) is 0 Å². The van der Waals surface area contributed by atoms with Gasteiger partial charge in [0.15, 0.2) is 5.16 Å². The van der Waals surface area contributed by atoms with Gasteiger partial charge < -0.3 is 15.2 Å². The molecule has 0 fully saturated rings. The zero-order valence-electron chi connectivity index (χ0n) is 16.9. The van der Waals surface area contributed by atoms with Gasteiger partial charge in [0.05, 0.1) is 16.6 Å². The summed E-state index contributed by atoms with van der Waals surface area (Å²) >= 11 is 1.12. The van der Waals surface area contributed by atoms with Gasteiger partial charge >= 0.3 is 17.5 Å². The molecule has 2 aromatic rings. The van der Waals surface area contributed by atoms with Gasteiger partial charge in [0.1, 0.15) is 11.8 Å². The molecular weight excluding hydrogens is 410 g/mol. The SMILES string of the molecule is CSc1nc(NC(CC(C)C)C(=O)O)c([N+](=O)[O-])c(Oc2cc(C#N)ccc2C)n1. The van der Waals surface area contributed by atoms with E-state index in [-0.39, 0.29) is 34.9 Å². The molecule has 0 aliphatic heterocycles. The molecule has 0 aliphatic carbocycles. The molecule has 1 aromatic carbocycles. The summed E-state index contributed by atoms with van der Waals surface area (Å²) < 4.78 is 5.71. The first-order chi connectivity index (χ1) is 14.2. The van der Waals surface area contributed by atoms with Crippen molar-refractivity contribution in [1.29, 1.82) is 5.26 Å². The van der Waals surface area contributed by atoms with Crippen LogP contribution < -0.4 is 10.1 Å². The van der Waals surface area contributed by atoms with Gasteiger partial charge in [-0.3, -0.25) is 10.1 Å². The van der Waals surface area contributed by atoms with E-state index in [4.69, 9.17) is 10.00 Å². The lowest BCUT2D eigenvalue weighted by molar-refractivity contribution is -0.385. The highest BCUT2D eigenvalue weighted by Gasteiger charge is 2.31. The Bertz CT molecular complexity index is 1010. The number of nitro groups is 1. The number of ether oxygens (including phenoxy) is 1. The van der Waals surface area contributed by atoms with Gasteiger partial charge in [-0.2, -0.15) is 15.2 Å². The third-order valence-electron chi connectivity index (χ3n) is 4.04. The van der Waals surface area contributed by atoms with Crippen LogP contribution in [-0.2, 0) is 4.79 Å². The number of aliphatic carboxylic acids is 1. The zero-order valence-corrected chi connectivity index (χ0v) is 17.7. The molecule has 1 atom stereocenters. The van der Waals surface area contributed by atoms with E-state index < -0.39 is 22.6 Å². The summed E-state index contributed by atoms with van der Waals surface area (Å²) in [7, 11) is 0. The molecule has 0 bridgehead atoms. The monoisotopic (exact) mass is 431 g/mol. The number of hydrogen-bond acceptors (Lipinski definition) is 9. The molecule has 0 saturated carbocycles. The van der Waals surface area contributed by atoms with Crippen LogP contribution in [0.5, 0.6) is 11.6 Å². The van der Waals surface area contributed by atoms with Gasteiger partial charge in [0.2, 0.25) is 5.82 Å². The van der Waals surface area contributed by atoms with Crippen molar-refractivity contribution in [1.82, 2.24) is 9.97 Å². The number of nitriles is 1. The Hall–Kier alpha value is -3.39. The number of aryl methyl sites for hydroxylation is 1. The number of thioether (sulfide) groups is 1. The van der Waals surface area contributed by atoms with Crippen molar-refractivity contribution in [3.05, 3.63) is 39.4 Å². The van der Waals surface area contributed by atoms with Crippen molar-refractivity contribution in [3.63, 3.8) is 0 Å². The summed E-state index contributed by atoms with van der Waals surface area (Å²) in [5.41, 5.74) is 0.383. The van der Waals surface area contributed by atoms with E-state index in [1.54, 1.807) is 25.3 Å². The maximum absolute atomic E-state index is 11.8. The Kier molecular flexibility index (Phi) is 7.54. The normalized spacial score (nSPS) is 11.6. The molecule has 1 unspecified atom stereocenters. The van der Waals surface area contributed by atoms with Crippen LogP contribution in [0, 0.1) is 34.3 Å². The van der Waals surface area contributed by atoms with E-state index in [1.807, 2.05) is 19.9 Å². The minimum Gasteiger partial charge on any atom is -0.480 e. The number of anilines is 1. The van der Waals surface area contributed by atoms with Gasteiger partial charge in [-0.15, -0.1) is 0 Å². The molecule has 11 heteroatoms. The number of nitrogens with zero attached hydrogens (tertiary/aromatic N) is 4. The lowest BCUT2D eigenvalue weighted by Gasteiger charge is -2.18. The highest BCUT2D eigenvalue weighted by molar-refractivity contribution is 7.98. The Balaban J connectivity index is 2.58. The number of carbonyl (C=O) groups is 1. The van der Waals surface area contributed by atoms with E-state index in [9.17, 15) is 20.0 Å². The lowest BCUT2D eigenvalue weighted by atomic mass is 10.0. The Morgan fingerprint density at radius 1 is 1.43 bits per heavy atom. The number of hydrogen-bond donors (Lipinski definition) is 2. The molecule has 0 amide bonds. The van der Waals surface area contributed by atoms with Crippen LogP contribution in [0.25, 0.3) is 0 Å². The van der Waals surface area contributed by atoms with Crippen LogP contribution in [0.15, 0.2) is 23.4 Å². The largest absolute Gasteiger partial charge is 0.480 e. The third-order valence-corrected chi connectivity index (χ3v) is 4.58. The Morgan fingerprint density at radius 2 is 2.13 bits per heavy atom. The lowest BCUT2D eigenvalue weighted by Crippen LogP contribution is -2.31. The molecule has 158 valence electrons. The van der Waals surface area contributed by atoms with Crippen molar-refractivity contribution in [2.24, 2.45) is 5.92 Å². The van der Waals surface area contributed by atoms with E-state index in [0.29, 0.717) is 11.1 Å². The van der Waals surface area contributed by atoms with Gasteiger partial charge in [0, 0.05) is 0 Å². The van der Waals surface area contributed by atoms with Crippen LogP contribution in [0.2, 0.25) is 0 Å². The zero-order chi connectivity index (χ0) is 22.4. The molecule has 10 nitrogen and oxygen atoms in total. The third kappa shape index (κ3) is 5.57. The van der Waals surface area contributed by atoms with Crippen molar-refractivity contribution in [3.8, 4) is 17.7 Å². The molecule has 30 heavy (non-hydrogen) atoms. The summed E-state index contributed by atoms with van der Waals surface area (Å²) in [4.78, 5) is 30.9. The molecular formula is C19H21N5O5S. The van der Waals surface area contributed by atoms with Crippen molar-refractivity contribution >= 4 is 29.2 Å². The fourth-order valence-electron chi connectivity index (χ4n) is 2.58. The summed E-state index contributed by atoms with van der Waals surface area (Å²) in [6.07, 6.45) is 1.92. The second-order valence-corrected chi connectivity index (χ2v) is 7.60. The van der Waals surface area contributed by atoms with E-state index in [1.165, 1.54) is 6.07 Å². The van der Waals surface area contributed by atoms with Crippen LogP contribution in [-0.4, -0.2) is 38.3 Å². The first kappa shape index (κ1) is 22.9. The van der Waals surface area contributed by atoms with Gasteiger partial charge in [-0.1, -0.05) is 31.7 Å². The van der Waals surface area contributed by atoms with E-state index >= 15 is 0 Å². The fourth-order valence-corrected chi connectivity index (χ4v) is 2.94. The minimum absolute atomic E-state index is 0.0339. The average Bonchev–Trinajstić information content (AvgIpc) is 2.68. The van der Waals surface area contributed by atoms with Gasteiger partial charge in [0.25, 0.3) is 0 Å². The number of nitrogens with one attached hydrogen (secondary N) is 1. The maximum Gasteiger partial charge on any atom is 0.373 e. The van der Waals surface area contributed by atoms with Crippen LogP contribution in [0.1, 0.15) is 31.4 Å². The molecule has 0 radical (unpaired) electrons. The number of rotatable bonds is 9. The molecule has 0 saturated heterocycles. The van der Waals surface area contributed by atoms with Crippen molar-refractivity contribution in [2.45, 2.75) is 38.4 Å². The highest BCUT2D eigenvalue weighted by atomic mass is 32.2. The maximum atomic E-state index is 11.8. The highest BCUT2D eigenvalue weighted by Crippen LogP contribution is 2.38. The Labute approximate surface area is 177 Å².